The molecule has 32 heavy (non-hydrogen) atoms. The molecule has 170 valence electrons. The number of pyridine rings is 1. The van der Waals surface area contributed by atoms with Crippen molar-refractivity contribution in [3.05, 3.63) is 51.0 Å². The highest BCUT2D eigenvalue weighted by Gasteiger charge is 2.28. The summed E-state index contributed by atoms with van der Waals surface area (Å²) in [6, 6.07) is 1.62. The summed E-state index contributed by atoms with van der Waals surface area (Å²) in [6.07, 6.45) is 4.15. The van der Waals surface area contributed by atoms with E-state index in [0.29, 0.717) is 43.2 Å². The van der Waals surface area contributed by atoms with E-state index in [4.69, 9.17) is 16.3 Å². The zero-order chi connectivity index (χ0) is 23.0. The van der Waals surface area contributed by atoms with Crippen LogP contribution in [0.1, 0.15) is 31.2 Å². The monoisotopic (exact) mass is 460 g/mol. The predicted octanol–water partition coefficient (Wildman–Crippen LogP) is 3.52. The average Bonchev–Trinajstić information content (AvgIpc) is 3.31. The van der Waals surface area contributed by atoms with Crippen LogP contribution in [-0.2, 0) is 13.6 Å². The normalized spacial score (nSPS) is 16.1. The van der Waals surface area contributed by atoms with Crippen LogP contribution < -0.4 is 15.2 Å². The van der Waals surface area contributed by atoms with Crippen molar-refractivity contribution in [3.63, 3.8) is 0 Å². The van der Waals surface area contributed by atoms with Gasteiger partial charge in [-0.15, -0.1) is 0 Å². The van der Waals surface area contributed by atoms with E-state index in [0.717, 1.165) is 23.4 Å². The van der Waals surface area contributed by atoms with Crippen LogP contribution in [0.3, 0.4) is 0 Å². The zero-order valence-corrected chi connectivity index (χ0v) is 19.4. The number of rotatable bonds is 6. The summed E-state index contributed by atoms with van der Waals surface area (Å²) in [5, 5.41) is 8.77. The second-order valence-electron chi connectivity index (χ2n) is 8.02. The van der Waals surface area contributed by atoms with Gasteiger partial charge in [-0.3, -0.25) is 9.48 Å². The van der Waals surface area contributed by atoms with Gasteiger partial charge in [-0.05, 0) is 20.3 Å². The van der Waals surface area contributed by atoms with Crippen LogP contribution >= 0.6 is 11.6 Å². The number of halogens is 2. The van der Waals surface area contributed by atoms with E-state index in [1.54, 1.807) is 16.9 Å². The zero-order valence-electron chi connectivity index (χ0n) is 18.6. The molecule has 1 atom stereocenters. The molecular formula is C22H26ClFN6O2. The Kier molecular flexibility index (Phi) is 6.19. The molecule has 3 aromatic rings. The molecule has 0 spiro atoms. The fraction of sp³-hybridized carbons (Fsp3) is 0.455. The SMILES string of the molecule is CCCn1ncc(N2CC[C@@H](Oc3cc(-c4c(C)nn(C)c4C)c(F)cn3)C2)c(Cl)c1=O. The van der Waals surface area contributed by atoms with Gasteiger partial charge in [0, 0.05) is 49.4 Å². The molecule has 0 saturated carbocycles. The summed E-state index contributed by atoms with van der Waals surface area (Å²) >= 11 is 6.34. The summed E-state index contributed by atoms with van der Waals surface area (Å²) in [6.45, 7) is 7.44. The minimum absolute atomic E-state index is 0.166. The number of anilines is 1. The second-order valence-corrected chi connectivity index (χ2v) is 8.40. The third-order valence-electron chi connectivity index (χ3n) is 5.78. The lowest BCUT2D eigenvalue weighted by Crippen LogP contribution is -2.29. The number of aryl methyl sites for hydroxylation is 3. The van der Waals surface area contributed by atoms with Gasteiger partial charge in [-0.2, -0.15) is 10.2 Å². The highest BCUT2D eigenvalue weighted by Crippen LogP contribution is 2.32. The maximum absolute atomic E-state index is 14.6. The van der Waals surface area contributed by atoms with Gasteiger partial charge in [-0.25, -0.2) is 14.1 Å². The standard InChI is InChI=1S/C22H26ClFN6O2/c1-5-7-30-22(31)21(23)18(11-26-30)29-8-6-15(12-29)32-19-9-16(17(24)10-25-19)20-13(2)27-28(4)14(20)3/h9-11,15H,5-8,12H2,1-4H3/t15-/m1/s1. The fourth-order valence-corrected chi connectivity index (χ4v) is 4.37. The lowest BCUT2D eigenvalue weighted by molar-refractivity contribution is 0.215. The minimum atomic E-state index is -0.421. The van der Waals surface area contributed by atoms with Crippen molar-refractivity contribution in [3.8, 4) is 17.0 Å². The summed E-state index contributed by atoms with van der Waals surface area (Å²) in [7, 11) is 1.83. The molecule has 4 rings (SSSR count). The Morgan fingerprint density at radius 1 is 1.31 bits per heavy atom. The van der Waals surface area contributed by atoms with E-state index < -0.39 is 5.82 Å². The van der Waals surface area contributed by atoms with Gasteiger partial charge in [0.25, 0.3) is 5.56 Å². The third kappa shape index (κ3) is 4.09. The van der Waals surface area contributed by atoms with Crippen LogP contribution in [0.5, 0.6) is 5.88 Å². The fourth-order valence-electron chi connectivity index (χ4n) is 4.10. The van der Waals surface area contributed by atoms with Crippen molar-refractivity contribution in [2.24, 2.45) is 7.05 Å². The number of hydrogen-bond donors (Lipinski definition) is 0. The molecule has 0 radical (unpaired) electrons. The number of hydrogen-bond acceptors (Lipinski definition) is 6. The highest BCUT2D eigenvalue weighted by molar-refractivity contribution is 6.33. The Morgan fingerprint density at radius 3 is 2.78 bits per heavy atom. The van der Waals surface area contributed by atoms with Crippen LogP contribution in [0, 0.1) is 19.7 Å². The van der Waals surface area contributed by atoms with Crippen molar-refractivity contribution in [2.45, 2.75) is 46.3 Å². The number of ether oxygens (including phenoxy) is 1. The molecule has 0 aliphatic carbocycles. The van der Waals surface area contributed by atoms with E-state index in [1.165, 1.54) is 10.9 Å². The second kappa shape index (κ2) is 8.90. The van der Waals surface area contributed by atoms with Gasteiger partial charge < -0.3 is 9.64 Å². The average molecular weight is 461 g/mol. The molecule has 0 N–H and O–H groups in total. The van der Waals surface area contributed by atoms with Crippen LogP contribution in [0.25, 0.3) is 11.1 Å². The Bertz CT molecular complexity index is 1210. The van der Waals surface area contributed by atoms with Crippen molar-refractivity contribution >= 4 is 17.3 Å². The maximum atomic E-state index is 14.6. The molecule has 0 amide bonds. The first-order valence-electron chi connectivity index (χ1n) is 10.6. The van der Waals surface area contributed by atoms with Crippen molar-refractivity contribution in [1.29, 1.82) is 0 Å². The predicted molar refractivity (Wildman–Crippen MR) is 121 cm³/mol. The van der Waals surface area contributed by atoms with Crippen LogP contribution in [-0.4, -0.2) is 43.7 Å². The van der Waals surface area contributed by atoms with Crippen molar-refractivity contribution in [2.75, 3.05) is 18.0 Å². The third-order valence-corrected chi connectivity index (χ3v) is 6.14. The largest absolute Gasteiger partial charge is 0.472 e. The summed E-state index contributed by atoms with van der Waals surface area (Å²) < 4.78 is 23.7. The molecule has 0 unspecified atom stereocenters. The molecular weight excluding hydrogens is 435 g/mol. The first-order chi connectivity index (χ1) is 15.3. The Labute approximate surface area is 190 Å². The van der Waals surface area contributed by atoms with E-state index in [9.17, 15) is 9.18 Å². The maximum Gasteiger partial charge on any atom is 0.287 e. The molecule has 3 aromatic heterocycles. The van der Waals surface area contributed by atoms with E-state index >= 15 is 0 Å². The van der Waals surface area contributed by atoms with E-state index in [1.807, 2.05) is 32.7 Å². The van der Waals surface area contributed by atoms with E-state index in [2.05, 4.69) is 15.2 Å². The lowest BCUT2D eigenvalue weighted by Gasteiger charge is -2.20. The number of aromatic nitrogens is 5. The Morgan fingerprint density at radius 2 is 2.09 bits per heavy atom. The molecule has 1 fully saturated rings. The summed E-state index contributed by atoms with van der Waals surface area (Å²) in [5.74, 6) is -0.0754. The first-order valence-corrected chi connectivity index (χ1v) is 11.0. The van der Waals surface area contributed by atoms with Gasteiger partial charge >= 0.3 is 0 Å². The molecule has 0 aromatic carbocycles. The molecule has 4 heterocycles. The van der Waals surface area contributed by atoms with Crippen molar-refractivity contribution < 1.29 is 9.13 Å². The number of nitrogens with zero attached hydrogens (tertiary/aromatic N) is 6. The van der Waals surface area contributed by atoms with Gasteiger partial charge in [-0.1, -0.05) is 18.5 Å². The first kappa shape index (κ1) is 22.3. The van der Waals surface area contributed by atoms with E-state index in [-0.39, 0.29) is 16.7 Å². The smallest absolute Gasteiger partial charge is 0.287 e. The quantitative estimate of drug-likeness (QED) is 0.560. The Balaban J connectivity index is 1.52. The van der Waals surface area contributed by atoms with Crippen LogP contribution in [0.15, 0.2) is 23.3 Å². The lowest BCUT2D eigenvalue weighted by atomic mass is 10.0. The summed E-state index contributed by atoms with van der Waals surface area (Å²) in [4.78, 5) is 18.5. The molecule has 0 bridgehead atoms. The minimum Gasteiger partial charge on any atom is -0.472 e. The topological polar surface area (TPSA) is 78.1 Å². The van der Waals surface area contributed by atoms with Crippen LogP contribution in [0.2, 0.25) is 5.02 Å². The molecule has 1 aliphatic heterocycles. The van der Waals surface area contributed by atoms with Crippen LogP contribution in [0.4, 0.5) is 10.1 Å². The highest BCUT2D eigenvalue weighted by atomic mass is 35.5. The van der Waals surface area contributed by atoms with Gasteiger partial charge in [0.15, 0.2) is 0 Å². The van der Waals surface area contributed by atoms with Crippen molar-refractivity contribution in [1.82, 2.24) is 24.5 Å². The van der Waals surface area contributed by atoms with Gasteiger partial charge in [0.05, 0.1) is 30.3 Å². The Hall–Kier alpha value is -2.94. The molecule has 1 aliphatic rings. The molecule has 10 heteroatoms. The molecule has 1 saturated heterocycles. The van der Waals surface area contributed by atoms with Gasteiger partial charge in [0.2, 0.25) is 5.88 Å². The summed E-state index contributed by atoms with van der Waals surface area (Å²) in [5.41, 5.74) is 3.08. The molecule has 8 nitrogen and oxygen atoms in total. The van der Waals surface area contributed by atoms with Gasteiger partial charge in [0.1, 0.15) is 16.9 Å².